The summed E-state index contributed by atoms with van der Waals surface area (Å²) in [5, 5.41) is 2.98. The van der Waals surface area contributed by atoms with Crippen molar-refractivity contribution >= 4 is 28.3 Å². The second kappa shape index (κ2) is 11.2. The number of alkyl halides is 1. The lowest BCUT2D eigenvalue weighted by Crippen LogP contribution is -2.53. The summed E-state index contributed by atoms with van der Waals surface area (Å²) in [5.74, 6) is 0.259. The number of pyridine rings is 2. The van der Waals surface area contributed by atoms with Gasteiger partial charge in [0.2, 0.25) is 0 Å². The molecule has 3 aromatic heterocycles. The highest BCUT2D eigenvalue weighted by atomic mass is 19.1. The fraction of sp³-hybridized carbons (Fsp3) is 0.414. The van der Waals surface area contributed by atoms with E-state index in [-0.39, 0.29) is 6.54 Å². The van der Waals surface area contributed by atoms with Crippen LogP contribution in [0.3, 0.4) is 0 Å². The van der Waals surface area contributed by atoms with E-state index in [1.54, 1.807) is 52.3 Å². The van der Waals surface area contributed by atoms with Gasteiger partial charge >= 0.3 is 6.09 Å². The lowest BCUT2D eigenvalue weighted by atomic mass is 10.0. The zero-order valence-corrected chi connectivity index (χ0v) is 23.0. The minimum Gasteiger partial charge on any atom is -0.491 e. The van der Waals surface area contributed by atoms with Crippen molar-refractivity contribution in [2.24, 2.45) is 0 Å². The number of imidazole rings is 1. The zero-order chi connectivity index (χ0) is 28.4. The van der Waals surface area contributed by atoms with Gasteiger partial charge in [0.05, 0.1) is 48.0 Å². The molecule has 1 amide bonds. The molecule has 1 saturated heterocycles. The van der Waals surface area contributed by atoms with Gasteiger partial charge in [-0.2, -0.15) is 0 Å². The minimum atomic E-state index is -1.34. The summed E-state index contributed by atoms with van der Waals surface area (Å²) in [6.07, 6.45) is 1.92. The fourth-order valence-electron chi connectivity index (χ4n) is 4.80. The Kier molecular flexibility index (Phi) is 7.75. The Morgan fingerprint density at radius 3 is 2.75 bits per heavy atom. The molecule has 0 bridgehead atoms. The van der Waals surface area contributed by atoms with Gasteiger partial charge in [-0.3, -0.25) is 4.40 Å². The molecule has 0 saturated carbocycles. The van der Waals surface area contributed by atoms with Gasteiger partial charge in [-0.15, -0.1) is 0 Å². The Bertz CT molecular complexity index is 1520. The van der Waals surface area contributed by atoms with Gasteiger partial charge in [-0.05, 0) is 57.5 Å². The minimum absolute atomic E-state index is 0.0224. The first-order chi connectivity index (χ1) is 19.1. The van der Waals surface area contributed by atoms with Crippen molar-refractivity contribution < 1.29 is 27.8 Å². The van der Waals surface area contributed by atoms with Crippen molar-refractivity contribution in [2.45, 2.75) is 45.0 Å². The Hall–Kier alpha value is -3.99. The number of amides is 1. The number of carbonyl (C=O) groups is 1. The largest absolute Gasteiger partial charge is 0.491 e. The second-order valence-corrected chi connectivity index (χ2v) is 10.7. The summed E-state index contributed by atoms with van der Waals surface area (Å²) in [7, 11) is 1.61. The smallest absolute Gasteiger partial charge is 0.407 e. The van der Waals surface area contributed by atoms with Gasteiger partial charge in [0.25, 0.3) is 0 Å². The van der Waals surface area contributed by atoms with Gasteiger partial charge in [-0.25, -0.2) is 23.5 Å². The first-order valence-corrected chi connectivity index (χ1v) is 13.2. The molecule has 1 aliphatic heterocycles. The van der Waals surface area contributed by atoms with E-state index in [0.717, 1.165) is 5.69 Å². The van der Waals surface area contributed by atoms with E-state index in [1.807, 2.05) is 27.6 Å². The first kappa shape index (κ1) is 27.6. The molecule has 40 heavy (non-hydrogen) atoms. The van der Waals surface area contributed by atoms with Crippen LogP contribution in [0.2, 0.25) is 0 Å². The number of rotatable bonds is 7. The molecule has 2 atom stereocenters. The van der Waals surface area contributed by atoms with E-state index in [9.17, 15) is 9.18 Å². The summed E-state index contributed by atoms with van der Waals surface area (Å²) in [5.41, 5.74) is 2.37. The highest BCUT2D eigenvalue weighted by Gasteiger charge is 2.32. The molecule has 9 nitrogen and oxygen atoms in total. The first-order valence-electron chi connectivity index (χ1n) is 13.2. The van der Waals surface area contributed by atoms with Crippen molar-refractivity contribution in [1.82, 2.24) is 19.7 Å². The monoisotopic (exact) mass is 553 g/mol. The topological polar surface area (TPSA) is 90.2 Å². The molecule has 212 valence electrons. The number of fused-ring (bicyclic) bond motifs is 2. The number of carbonyl (C=O) groups excluding carboxylic acids is 1. The van der Waals surface area contributed by atoms with Crippen LogP contribution in [-0.2, 0) is 9.47 Å². The summed E-state index contributed by atoms with van der Waals surface area (Å²) < 4.78 is 47.9. The molecular formula is C29H33F2N5O4. The van der Waals surface area contributed by atoms with Crippen LogP contribution in [0.1, 0.15) is 27.2 Å². The lowest BCUT2D eigenvalue weighted by molar-refractivity contribution is 0.0463. The summed E-state index contributed by atoms with van der Waals surface area (Å²) in [6, 6.07) is 9.40. The molecule has 1 aromatic carbocycles. The molecule has 0 radical (unpaired) electrons. The van der Waals surface area contributed by atoms with Crippen LogP contribution < -0.4 is 15.0 Å². The highest BCUT2D eigenvalue weighted by molar-refractivity contribution is 5.93. The van der Waals surface area contributed by atoms with E-state index in [4.69, 9.17) is 19.2 Å². The third kappa shape index (κ3) is 5.94. The lowest BCUT2D eigenvalue weighted by Gasteiger charge is -2.37. The summed E-state index contributed by atoms with van der Waals surface area (Å²) in [4.78, 5) is 23.3. The molecule has 0 unspecified atom stereocenters. The Morgan fingerprint density at radius 2 is 2.00 bits per heavy atom. The molecule has 11 heteroatoms. The van der Waals surface area contributed by atoms with Crippen molar-refractivity contribution in [1.29, 1.82) is 0 Å². The Balaban J connectivity index is 1.40. The van der Waals surface area contributed by atoms with Crippen LogP contribution in [0.15, 0.2) is 48.8 Å². The van der Waals surface area contributed by atoms with Crippen molar-refractivity contribution in [2.75, 3.05) is 38.3 Å². The predicted octanol–water partition coefficient (Wildman–Crippen LogP) is 5.16. The van der Waals surface area contributed by atoms with Gasteiger partial charge in [0.1, 0.15) is 35.6 Å². The van der Waals surface area contributed by atoms with E-state index >= 15 is 4.39 Å². The van der Waals surface area contributed by atoms with Crippen molar-refractivity contribution in [3.05, 3.63) is 54.6 Å². The van der Waals surface area contributed by atoms with Crippen LogP contribution in [0, 0.1) is 5.82 Å². The number of nitrogens with one attached hydrogen (secondary N) is 1. The number of alkyl carbamates (subject to hydrolysis) is 1. The normalized spacial score (nSPS) is 17.8. The third-order valence-electron chi connectivity index (χ3n) is 6.67. The predicted molar refractivity (Wildman–Crippen MR) is 148 cm³/mol. The Labute approximate surface area is 231 Å². The number of halogens is 2. The molecule has 1 fully saturated rings. The van der Waals surface area contributed by atoms with E-state index in [2.05, 4.69) is 10.3 Å². The number of benzene rings is 1. The Morgan fingerprint density at radius 1 is 1.18 bits per heavy atom. The number of methoxy groups -OCH3 is 1. The molecular weight excluding hydrogens is 520 g/mol. The SMILES string of the molecule is COCCOc1ccn2c(-c3ccc4c(F)ccc(N5CC[C@@H](NC(=O)OC(C)(C)C)[C@@H](F)C5)c4n3)cnc2c1. The molecule has 1 N–H and O–H groups in total. The average molecular weight is 554 g/mol. The van der Waals surface area contributed by atoms with Gasteiger partial charge in [0.15, 0.2) is 0 Å². The van der Waals surface area contributed by atoms with Crippen LogP contribution >= 0.6 is 0 Å². The molecule has 5 rings (SSSR count). The van der Waals surface area contributed by atoms with E-state index < -0.39 is 29.7 Å². The van der Waals surface area contributed by atoms with Gasteiger partial charge in [-0.1, -0.05) is 0 Å². The summed E-state index contributed by atoms with van der Waals surface area (Å²) in [6.45, 7) is 6.65. The number of piperidine rings is 1. The van der Waals surface area contributed by atoms with E-state index in [1.165, 1.54) is 6.07 Å². The van der Waals surface area contributed by atoms with Crippen LogP contribution in [0.4, 0.5) is 19.3 Å². The maximum absolute atomic E-state index is 15.2. The molecule has 4 aromatic rings. The van der Waals surface area contributed by atoms with Crippen molar-refractivity contribution in [3.8, 4) is 17.1 Å². The van der Waals surface area contributed by atoms with Crippen LogP contribution in [0.25, 0.3) is 27.9 Å². The standard InChI is InChI=1S/C29H33F2N5O4/c1-29(2,3)40-28(37)34-22-10-11-35(17-21(22)31)24-8-6-20(30)19-5-7-23(33-27(19)24)25-16-32-26-15-18(9-12-36(25)26)39-14-13-38-4/h5-9,12,15-16,21-22H,10-11,13-14,17H2,1-4H3,(H,34,37)/t21-,22+/m0/s1. The molecule has 1 aliphatic rings. The third-order valence-corrected chi connectivity index (χ3v) is 6.67. The number of ether oxygens (including phenoxy) is 3. The number of anilines is 1. The van der Waals surface area contributed by atoms with E-state index in [0.29, 0.717) is 59.9 Å². The van der Waals surface area contributed by atoms with Crippen molar-refractivity contribution in [3.63, 3.8) is 0 Å². The number of hydrogen-bond donors (Lipinski definition) is 1. The quantitative estimate of drug-likeness (QED) is 0.317. The maximum Gasteiger partial charge on any atom is 0.407 e. The second-order valence-electron chi connectivity index (χ2n) is 10.7. The molecule has 0 aliphatic carbocycles. The molecule has 4 heterocycles. The highest BCUT2D eigenvalue weighted by Crippen LogP contribution is 2.33. The summed E-state index contributed by atoms with van der Waals surface area (Å²) >= 11 is 0. The average Bonchev–Trinajstić information content (AvgIpc) is 3.32. The van der Waals surface area contributed by atoms with Crippen LogP contribution in [-0.4, -0.2) is 71.7 Å². The van der Waals surface area contributed by atoms with Crippen LogP contribution in [0.5, 0.6) is 5.75 Å². The number of hydrogen-bond acceptors (Lipinski definition) is 7. The number of nitrogens with zero attached hydrogens (tertiary/aromatic N) is 4. The zero-order valence-electron chi connectivity index (χ0n) is 23.0. The van der Waals surface area contributed by atoms with Gasteiger partial charge < -0.3 is 24.4 Å². The maximum atomic E-state index is 15.2. The number of aromatic nitrogens is 3. The van der Waals surface area contributed by atoms with Gasteiger partial charge in [0, 0.05) is 31.3 Å². The molecule has 0 spiro atoms. The fourth-order valence-corrected chi connectivity index (χ4v) is 4.80.